The third kappa shape index (κ3) is 6.91. The van der Waals surface area contributed by atoms with Gasteiger partial charge in [0, 0.05) is 69.9 Å². The summed E-state index contributed by atoms with van der Waals surface area (Å²) >= 11 is 0. The first kappa shape index (κ1) is 42.1. The van der Waals surface area contributed by atoms with Crippen molar-refractivity contribution >= 4 is 80.3 Å². The third-order valence-electron chi connectivity index (χ3n) is 14.9. The van der Waals surface area contributed by atoms with Crippen molar-refractivity contribution in [2.24, 2.45) is 0 Å². The van der Waals surface area contributed by atoms with Crippen LogP contribution in [0.25, 0.3) is 22.3 Å². The Hall–Kier alpha value is -9.65. The summed E-state index contributed by atoms with van der Waals surface area (Å²) in [7, 11) is 0. The van der Waals surface area contributed by atoms with Crippen LogP contribution in [0.1, 0.15) is 0 Å². The molecule has 8 heteroatoms. The second-order valence-corrected chi connectivity index (χ2v) is 19.2. The first-order valence-electron chi connectivity index (χ1n) is 25.1. The minimum Gasteiger partial charge on any atom is -0.458 e. The van der Waals surface area contributed by atoms with E-state index < -0.39 is 0 Å². The lowest BCUT2D eigenvalue weighted by molar-refractivity contribution is 0.443. The number of para-hydroxylation sites is 4. The molecule has 0 unspecified atom stereocenters. The number of nitrogens with zero attached hydrogens (tertiary/aromatic N) is 2. The van der Waals surface area contributed by atoms with Crippen molar-refractivity contribution in [3.05, 3.63) is 255 Å². The minimum absolute atomic E-state index is 0.143. The van der Waals surface area contributed by atoms with Gasteiger partial charge in [-0.3, -0.25) is 0 Å². The van der Waals surface area contributed by atoms with Gasteiger partial charge in [0.1, 0.15) is 46.0 Å². The van der Waals surface area contributed by atoms with Crippen molar-refractivity contribution < 1.29 is 18.9 Å². The molecule has 0 bridgehead atoms. The Balaban J connectivity index is 0.911. The van der Waals surface area contributed by atoms with E-state index >= 15 is 0 Å². The summed E-state index contributed by atoms with van der Waals surface area (Å²) in [6.07, 6.45) is 0. The SMILES string of the molecule is c1ccc(-c2ccc(Oc3cc4c5c(c3)Oc3cc6c(cc3B5c3ccccc3O4)B3c4ccccc4N(c4ccccc4)c4cc(Oc5ccc(-c7ccccc7)cc5)cc(c43)N6c3ccccc3)cc2)cc1. The molecule has 0 radical (unpaired) electrons. The van der Waals surface area contributed by atoms with Crippen LogP contribution in [0.2, 0.25) is 0 Å². The van der Waals surface area contributed by atoms with E-state index in [1.165, 1.54) is 16.4 Å². The van der Waals surface area contributed by atoms with Gasteiger partial charge in [-0.2, -0.15) is 0 Å². The van der Waals surface area contributed by atoms with Crippen molar-refractivity contribution in [3.8, 4) is 68.2 Å². The average Bonchev–Trinajstić information content (AvgIpc) is 3.51. The number of rotatable bonds is 8. The van der Waals surface area contributed by atoms with Crippen LogP contribution in [0.3, 0.4) is 0 Å². The monoisotopic (exact) mass is 948 g/mol. The first-order chi connectivity index (χ1) is 36.7. The smallest absolute Gasteiger partial charge is 0.260 e. The molecule has 4 aliphatic rings. The maximum absolute atomic E-state index is 7.21. The fraction of sp³-hybridized carbons (Fsp3) is 0. The van der Waals surface area contributed by atoms with E-state index in [9.17, 15) is 0 Å². The summed E-state index contributed by atoms with van der Waals surface area (Å²) in [5.74, 6) is 5.83. The Morgan fingerprint density at radius 2 is 0.716 bits per heavy atom. The molecule has 6 nitrogen and oxygen atoms in total. The third-order valence-corrected chi connectivity index (χ3v) is 14.9. The zero-order valence-corrected chi connectivity index (χ0v) is 39.9. The van der Waals surface area contributed by atoms with E-state index in [-0.39, 0.29) is 13.4 Å². The fourth-order valence-electron chi connectivity index (χ4n) is 11.6. The molecule has 0 aromatic heterocycles. The molecule has 0 spiro atoms. The molecule has 0 fully saturated rings. The molecule has 4 aliphatic heterocycles. The number of ether oxygens (including phenoxy) is 4. The summed E-state index contributed by atoms with van der Waals surface area (Å²) in [5, 5.41) is 0. The van der Waals surface area contributed by atoms with Crippen LogP contribution in [0.4, 0.5) is 34.1 Å². The number of hydrogen-bond donors (Lipinski definition) is 0. The fourth-order valence-corrected chi connectivity index (χ4v) is 11.6. The Bertz CT molecular complexity index is 3970. The van der Waals surface area contributed by atoms with E-state index in [4.69, 9.17) is 18.9 Å². The zero-order valence-electron chi connectivity index (χ0n) is 39.9. The Morgan fingerprint density at radius 3 is 1.30 bits per heavy atom. The predicted molar refractivity (Wildman–Crippen MR) is 302 cm³/mol. The molecule has 11 aromatic rings. The lowest BCUT2D eigenvalue weighted by Crippen LogP contribution is -2.63. The quantitative estimate of drug-likeness (QED) is 0.141. The molecule has 0 aliphatic carbocycles. The second-order valence-electron chi connectivity index (χ2n) is 19.2. The number of hydrogen-bond acceptors (Lipinski definition) is 6. The highest BCUT2D eigenvalue weighted by Gasteiger charge is 2.47. The summed E-state index contributed by atoms with van der Waals surface area (Å²) in [6, 6.07) is 89.1. The van der Waals surface area contributed by atoms with Gasteiger partial charge >= 0.3 is 0 Å². The van der Waals surface area contributed by atoms with Crippen molar-refractivity contribution in [2.75, 3.05) is 9.80 Å². The van der Waals surface area contributed by atoms with E-state index in [1.807, 2.05) is 42.5 Å². The standard InChI is InChI=1S/C66H42B2N2O4/c1-5-17-43(18-6-1)45-29-33-49(34-30-45)71-51-37-59-65-60(38-51)70(48-23-11-4-12-24-48)58-42-62-56(41-55(58)67(65)53-25-13-15-27-57(53)69(59)47-21-9-3-10-22-47)68-54-26-14-16-28-61(54)73-63-39-52(40-64(74-62)66(63)68)72-50-35-31-46(32-36-50)44-19-7-2-8-20-44/h1-42H. The normalized spacial score (nSPS) is 13.0. The average molecular weight is 949 g/mol. The summed E-state index contributed by atoms with van der Waals surface area (Å²) in [4.78, 5) is 4.80. The van der Waals surface area contributed by atoms with Crippen molar-refractivity contribution in [1.29, 1.82) is 0 Å². The Kier molecular flexibility index (Phi) is 9.67. The summed E-state index contributed by atoms with van der Waals surface area (Å²) < 4.78 is 27.6. The highest BCUT2D eigenvalue weighted by Crippen LogP contribution is 2.48. The lowest BCUT2D eigenvalue weighted by atomic mass is 9.31. The summed E-state index contributed by atoms with van der Waals surface area (Å²) in [6.45, 7) is -0.316. The van der Waals surface area contributed by atoms with Gasteiger partial charge in [0.25, 0.3) is 13.4 Å². The molecular weight excluding hydrogens is 906 g/mol. The maximum atomic E-state index is 7.21. The van der Waals surface area contributed by atoms with Gasteiger partial charge < -0.3 is 28.7 Å². The van der Waals surface area contributed by atoms with Gasteiger partial charge in [-0.05, 0) is 110 Å². The van der Waals surface area contributed by atoms with E-state index in [2.05, 4.69) is 222 Å². The van der Waals surface area contributed by atoms with Crippen LogP contribution in [0.5, 0.6) is 46.0 Å². The molecule has 0 saturated carbocycles. The molecule has 4 heterocycles. The number of benzene rings is 11. The highest BCUT2D eigenvalue weighted by molar-refractivity contribution is 7.02. The molecular formula is C66H42B2N2O4. The summed E-state index contributed by atoms with van der Waals surface area (Å²) in [5.41, 5.74) is 17.6. The molecule has 0 atom stereocenters. The predicted octanol–water partition coefficient (Wildman–Crippen LogP) is 13.4. The Labute approximate surface area is 430 Å². The minimum atomic E-state index is -0.173. The van der Waals surface area contributed by atoms with Crippen LogP contribution >= 0.6 is 0 Å². The molecule has 0 N–H and O–H groups in total. The van der Waals surface area contributed by atoms with Crippen LogP contribution in [0.15, 0.2) is 255 Å². The van der Waals surface area contributed by atoms with Crippen molar-refractivity contribution in [2.45, 2.75) is 0 Å². The van der Waals surface area contributed by atoms with Crippen LogP contribution in [-0.4, -0.2) is 13.4 Å². The lowest BCUT2D eigenvalue weighted by Gasteiger charge is -2.45. The second kappa shape index (κ2) is 17.0. The van der Waals surface area contributed by atoms with Gasteiger partial charge in [0.2, 0.25) is 0 Å². The molecule has 0 amide bonds. The first-order valence-corrected chi connectivity index (χ1v) is 25.1. The van der Waals surface area contributed by atoms with Crippen LogP contribution < -0.4 is 61.5 Å². The number of anilines is 6. The number of fused-ring (bicyclic) bond motifs is 8. The van der Waals surface area contributed by atoms with Crippen LogP contribution in [0, 0.1) is 0 Å². The molecule has 15 rings (SSSR count). The van der Waals surface area contributed by atoms with Crippen molar-refractivity contribution in [1.82, 2.24) is 0 Å². The van der Waals surface area contributed by atoms with Gasteiger partial charge in [-0.1, -0.05) is 164 Å². The van der Waals surface area contributed by atoms with Gasteiger partial charge in [0.05, 0.1) is 0 Å². The van der Waals surface area contributed by atoms with E-state index in [0.717, 1.165) is 102 Å². The van der Waals surface area contributed by atoms with E-state index in [1.54, 1.807) is 0 Å². The van der Waals surface area contributed by atoms with Crippen molar-refractivity contribution in [3.63, 3.8) is 0 Å². The topological polar surface area (TPSA) is 43.4 Å². The highest BCUT2D eigenvalue weighted by atomic mass is 16.5. The maximum Gasteiger partial charge on any atom is 0.260 e. The van der Waals surface area contributed by atoms with Gasteiger partial charge in [0.15, 0.2) is 0 Å². The van der Waals surface area contributed by atoms with E-state index in [0.29, 0.717) is 17.2 Å². The largest absolute Gasteiger partial charge is 0.458 e. The molecule has 0 saturated heterocycles. The molecule has 74 heavy (non-hydrogen) atoms. The van der Waals surface area contributed by atoms with Gasteiger partial charge in [-0.25, -0.2) is 0 Å². The van der Waals surface area contributed by atoms with Crippen LogP contribution in [-0.2, 0) is 0 Å². The zero-order chi connectivity index (χ0) is 48.7. The molecule has 11 aromatic carbocycles. The Morgan fingerprint density at radius 1 is 0.270 bits per heavy atom. The van der Waals surface area contributed by atoms with Gasteiger partial charge in [-0.15, -0.1) is 0 Å². The molecule has 346 valence electrons.